The van der Waals surface area contributed by atoms with Gasteiger partial charge in [-0.15, -0.1) is 0 Å². The molecule has 8 nitrogen and oxygen atoms in total. The Labute approximate surface area is 207 Å². The van der Waals surface area contributed by atoms with E-state index in [-0.39, 0.29) is 28.9 Å². The van der Waals surface area contributed by atoms with Gasteiger partial charge in [0.15, 0.2) is 0 Å². The number of anilines is 1. The Morgan fingerprint density at radius 2 is 2.00 bits per heavy atom. The first-order valence-electron chi connectivity index (χ1n) is 10.6. The van der Waals surface area contributed by atoms with Crippen LogP contribution >= 0.6 is 11.6 Å². The number of carbonyl (C=O) groups is 1. The fourth-order valence-corrected chi connectivity index (χ4v) is 3.33. The largest absolute Gasteiger partial charge is 0.404 e. The molecule has 0 spiro atoms. The molecule has 2 heterocycles. The van der Waals surface area contributed by atoms with E-state index in [0.29, 0.717) is 28.3 Å². The molecule has 10 heteroatoms. The summed E-state index contributed by atoms with van der Waals surface area (Å²) in [6.45, 7) is 1.87. The van der Waals surface area contributed by atoms with Crippen molar-refractivity contribution in [2.75, 3.05) is 12.4 Å². The van der Waals surface area contributed by atoms with Crippen LogP contribution in [0, 0.1) is 12.7 Å². The molecule has 0 aliphatic rings. The Hall–Kier alpha value is -4.24. The van der Waals surface area contributed by atoms with Crippen molar-refractivity contribution in [2.24, 2.45) is 16.5 Å². The van der Waals surface area contributed by atoms with Gasteiger partial charge in [-0.2, -0.15) is 0 Å². The molecule has 2 aromatic heterocycles. The van der Waals surface area contributed by atoms with E-state index >= 15 is 0 Å². The smallest absolute Gasteiger partial charge is 0.254 e. The van der Waals surface area contributed by atoms with Gasteiger partial charge in [-0.25, -0.2) is 9.37 Å². The molecule has 6 N–H and O–H groups in total. The van der Waals surface area contributed by atoms with Crippen LogP contribution in [-0.2, 0) is 11.3 Å². The molecule has 0 bridgehead atoms. The summed E-state index contributed by atoms with van der Waals surface area (Å²) in [5.74, 6) is -0.199. The molecule has 0 fully saturated rings. The van der Waals surface area contributed by atoms with Gasteiger partial charge >= 0.3 is 0 Å². The van der Waals surface area contributed by atoms with Crippen molar-refractivity contribution < 1.29 is 9.18 Å². The number of likely N-dealkylation sites (N-methyl/N-ethyl adjacent to an activating group) is 1. The van der Waals surface area contributed by atoms with Crippen LogP contribution in [0.15, 0.2) is 72.0 Å². The number of amidine groups is 1. The summed E-state index contributed by atoms with van der Waals surface area (Å²) in [6, 6.07) is 13.7. The molecule has 0 aliphatic carbocycles. The molecule has 0 unspecified atom stereocenters. The van der Waals surface area contributed by atoms with E-state index in [1.165, 1.54) is 19.3 Å². The maximum Gasteiger partial charge on any atom is 0.254 e. The predicted octanol–water partition coefficient (Wildman–Crippen LogP) is 3.63. The Kier molecular flexibility index (Phi) is 8.53. The van der Waals surface area contributed by atoms with Crippen LogP contribution < -0.4 is 22.1 Å². The van der Waals surface area contributed by atoms with Crippen molar-refractivity contribution in [1.29, 1.82) is 0 Å². The number of nitrogens with zero attached hydrogens (tertiary/aromatic N) is 3. The van der Waals surface area contributed by atoms with Crippen LogP contribution in [0.4, 0.5) is 10.2 Å². The van der Waals surface area contributed by atoms with Gasteiger partial charge in [0, 0.05) is 42.3 Å². The zero-order chi connectivity index (χ0) is 25.4. The summed E-state index contributed by atoms with van der Waals surface area (Å²) >= 11 is 5.85. The van der Waals surface area contributed by atoms with Gasteiger partial charge in [-0.05, 0) is 37.3 Å². The number of amides is 1. The van der Waals surface area contributed by atoms with Gasteiger partial charge in [-0.1, -0.05) is 29.8 Å². The lowest BCUT2D eigenvalue weighted by atomic mass is 10.1. The van der Waals surface area contributed by atoms with Crippen LogP contribution in [0.25, 0.3) is 11.3 Å². The number of rotatable bonds is 8. The van der Waals surface area contributed by atoms with Crippen LogP contribution in [-0.4, -0.2) is 28.8 Å². The minimum Gasteiger partial charge on any atom is -0.404 e. The van der Waals surface area contributed by atoms with Crippen molar-refractivity contribution in [3.8, 4) is 0 Å². The molecule has 3 aromatic rings. The summed E-state index contributed by atoms with van der Waals surface area (Å²) in [5, 5.41) is 5.78. The number of aliphatic imine (C=N–C) groups is 1. The summed E-state index contributed by atoms with van der Waals surface area (Å²) in [7, 11) is 1.51. The fraction of sp³-hybridized carbons (Fsp3) is 0.120. The van der Waals surface area contributed by atoms with Crippen molar-refractivity contribution in [3.05, 3.63) is 100 Å². The molecule has 0 radical (unpaired) electrons. The molecule has 35 heavy (non-hydrogen) atoms. The van der Waals surface area contributed by atoms with Crippen molar-refractivity contribution in [2.45, 2.75) is 13.5 Å². The van der Waals surface area contributed by atoms with Gasteiger partial charge in [0.2, 0.25) is 0 Å². The summed E-state index contributed by atoms with van der Waals surface area (Å²) in [5.41, 5.74) is 14.7. The highest BCUT2D eigenvalue weighted by atomic mass is 35.5. The lowest BCUT2D eigenvalue weighted by Gasteiger charge is -2.13. The Balaban J connectivity index is 2.01. The zero-order valence-corrected chi connectivity index (χ0v) is 20.0. The highest BCUT2D eigenvalue weighted by Gasteiger charge is 2.14. The zero-order valence-electron chi connectivity index (χ0n) is 19.2. The Morgan fingerprint density at radius 3 is 2.71 bits per heavy atom. The lowest BCUT2D eigenvalue weighted by molar-refractivity contribution is -0.115. The molecule has 1 amide bonds. The number of hydrogen-bond donors (Lipinski definition) is 4. The SMILES string of the molecule is CNC(=O)C(=CN)c1cc(/C(=C/C(N)=NCc2cccc(Cl)c2F)Nc2cccc(C)n2)ccn1. The number of hydrogen-bond acceptors (Lipinski definition) is 6. The summed E-state index contributed by atoms with van der Waals surface area (Å²) < 4.78 is 14.2. The number of benzene rings is 1. The summed E-state index contributed by atoms with van der Waals surface area (Å²) in [6.07, 6.45) is 4.33. The highest BCUT2D eigenvalue weighted by molar-refractivity contribution is 6.30. The topological polar surface area (TPSA) is 131 Å². The minimum absolute atomic E-state index is 0.00300. The fourth-order valence-electron chi connectivity index (χ4n) is 3.14. The van der Waals surface area contributed by atoms with Crippen molar-refractivity contribution in [3.63, 3.8) is 0 Å². The molecule has 3 rings (SSSR count). The number of aryl methyl sites for hydroxylation is 1. The maximum absolute atomic E-state index is 14.2. The van der Waals surface area contributed by atoms with E-state index in [1.807, 2.05) is 19.1 Å². The number of nitrogens with one attached hydrogen (secondary N) is 2. The van der Waals surface area contributed by atoms with Crippen LogP contribution in [0.2, 0.25) is 5.02 Å². The lowest BCUT2D eigenvalue weighted by Crippen LogP contribution is -2.20. The van der Waals surface area contributed by atoms with Gasteiger partial charge in [0.25, 0.3) is 5.91 Å². The third-order valence-corrected chi connectivity index (χ3v) is 5.18. The molecule has 0 saturated carbocycles. The monoisotopic (exact) mass is 493 g/mol. The summed E-state index contributed by atoms with van der Waals surface area (Å²) in [4.78, 5) is 25.2. The quantitative estimate of drug-likeness (QED) is 0.215. The van der Waals surface area contributed by atoms with E-state index in [9.17, 15) is 9.18 Å². The maximum atomic E-state index is 14.2. The second-order valence-electron chi connectivity index (χ2n) is 7.39. The van der Waals surface area contributed by atoms with Crippen molar-refractivity contribution in [1.82, 2.24) is 15.3 Å². The Bertz CT molecular complexity index is 1320. The first-order chi connectivity index (χ1) is 16.8. The second-order valence-corrected chi connectivity index (χ2v) is 7.80. The van der Waals surface area contributed by atoms with Crippen molar-refractivity contribution >= 4 is 40.4 Å². The number of nitrogens with two attached hydrogens (primary N) is 2. The number of carbonyl (C=O) groups excluding carboxylic acids is 1. The van der Waals surface area contributed by atoms with Gasteiger partial charge in [-0.3, -0.25) is 14.8 Å². The third kappa shape index (κ3) is 6.64. The first kappa shape index (κ1) is 25.4. The van der Waals surface area contributed by atoms with E-state index < -0.39 is 5.82 Å². The van der Waals surface area contributed by atoms with Gasteiger partial charge in [0.1, 0.15) is 17.5 Å². The molecule has 180 valence electrons. The minimum atomic E-state index is -0.536. The van der Waals surface area contributed by atoms with E-state index in [0.717, 1.165) is 5.69 Å². The van der Waals surface area contributed by atoms with E-state index in [1.54, 1.807) is 42.6 Å². The average Bonchev–Trinajstić information content (AvgIpc) is 2.85. The average molecular weight is 494 g/mol. The van der Waals surface area contributed by atoms with Gasteiger partial charge in [0.05, 0.1) is 28.5 Å². The first-order valence-corrected chi connectivity index (χ1v) is 11.0. The van der Waals surface area contributed by atoms with E-state index in [4.69, 9.17) is 23.1 Å². The van der Waals surface area contributed by atoms with Crippen LogP contribution in [0.5, 0.6) is 0 Å². The number of halogens is 2. The van der Waals surface area contributed by atoms with Gasteiger partial charge < -0.3 is 22.1 Å². The molecule has 0 atom stereocenters. The standard InChI is InChI=1S/C25H25ClFN7O/c1-15-5-3-8-23(33-15)34-20(12-22(29)32-14-17-6-4-7-19(26)24(17)27)16-9-10-31-21(11-16)18(13-28)25(35)30-2/h3-13H,14,28H2,1-2H3,(H2,29,32)(H,30,35)(H,33,34)/b18-13?,20-12-. The number of aromatic nitrogens is 2. The molecule has 1 aromatic carbocycles. The van der Waals surface area contributed by atoms with Crippen LogP contribution in [0.3, 0.4) is 0 Å². The second kappa shape index (κ2) is 11.8. The highest BCUT2D eigenvalue weighted by Crippen LogP contribution is 2.22. The molecular weight excluding hydrogens is 469 g/mol. The molecule has 0 aliphatic heterocycles. The van der Waals surface area contributed by atoms with E-state index in [2.05, 4.69) is 25.6 Å². The predicted molar refractivity (Wildman–Crippen MR) is 138 cm³/mol. The molecule has 0 saturated heterocycles. The third-order valence-electron chi connectivity index (χ3n) is 4.89. The molecular formula is C25H25ClFN7O. The Morgan fingerprint density at radius 1 is 1.23 bits per heavy atom. The number of pyridine rings is 2. The van der Waals surface area contributed by atoms with Crippen LogP contribution in [0.1, 0.15) is 22.5 Å². The normalized spacial score (nSPS) is 12.4.